The van der Waals surface area contributed by atoms with E-state index < -0.39 is 0 Å². The van der Waals surface area contributed by atoms with Crippen molar-refractivity contribution < 1.29 is 4.84 Å². The Morgan fingerprint density at radius 1 is 0.939 bits per heavy atom. The number of rotatable bonds is 7. The lowest BCUT2D eigenvalue weighted by molar-refractivity contribution is 0.0941. The molecule has 0 radical (unpaired) electrons. The van der Waals surface area contributed by atoms with Crippen molar-refractivity contribution in [3.63, 3.8) is 0 Å². The van der Waals surface area contributed by atoms with Crippen LogP contribution < -0.4 is 0 Å². The molecule has 0 aromatic heterocycles. The van der Waals surface area contributed by atoms with Gasteiger partial charge in [-0.15, -0.1) is 6.58 Å². The van der Waals surface area contributed by atoms with Gasteiger partial charge < -0.3 is 4.84 Å². The highest BCUT2D eigenvalue weighted by Gasteiger charge is 2.40. The molecule has 0 aliphatic carbocycles. The summed E-state index contributed by atoms with van der Waals surface area (Å²) in [5.41, 5.74) is 4.54. The average molecular weight is 479 g/mol. The first-order valence-electron chi connectivity index (χ1n) is 11.2. The summed E-state index contributed by atoms with van der Waals surface area (Å²) in [4.78, 5) is 8.32. The molecule has 0 bridgehead atoms. The summed E-state index contributed by atoms with van der Waals surface area (Å²) in [5.74, 6) is 0.158. The summed E-state index contributed by atoms with van der Waals surface area (Å²) < 4.78 is 0. The Morgan fingerprint density at radius 3 is 2.15 bits per heavy atom. The summed E-state index contributed by atoms with van der Waals surface area (Å²) in [6.45, 7) is 7.45. The van der Waals surface area contributed by atoms with E-state index in [2.05, 4.69) is 47.8 Å². The highest BCUT2D eigenvalue weighted by atomic mass is 35.5. The topological polar surface area (TPSA) is 24.8 Å². The quantitative estimate of drug-likeness (QED) is 0.254. The van der Waals surface area contributed by atoms with Crippen LogP contribution in [0, 0.1) is 5.92 Å². The normalized spacial score (nSPS) is 22.3. The van der Waals surface area contributed by atoms with Crippen molar-refractivity contribution in [1.82, 2.24) is 4.90 Å². The number of piperidine rings is 1. The van der Waals surface area contributed by atoms with Gasteiger partial charge in [0.2, 0.25) is 0 Å². The molecule has 4 rings (SSSR count). The standard InChI is InChI=1S/C28H28Cl2N2O/c1-3-17-32-27(22-9-13-24(29)14-10-22)18-26(31-33-19-21-7-5-4-6-8-21)20(2)28(32)23-11-15-25(30)16-12-23/h3-16,20,27-28H,1,17-19H2,2H3/b31-26+/t20-,27+,28-/m1/s1. The van der Waals surface area contributed by atoms with E-state index in [0.717, 1.165) is 34.3 Å². The zero-order valence-corrected chi connectivity index (χ0v) is 20.2. The molecular weight excluding hydrogens is 451 g/mol. The van der Waals surface area contributed by atoms with E-state index in [1.165, 1.54) is 11.1 Å². The second kappa shape index (κ2) is 11.0. The number of nitrogens with zero attached hydrogens (tertiary/aromatic N) is 2. The molecule has 3 nitrogen and oxygen atoms in total. The van der Waals surface area contributed by atoms with Crippen molar-refractivity contribution >= 4 is 28.9 Å². The fourth-order valence-electron chi connectivity index (χ4n) is 4.57. The largest absolute Gasteiger partial charge is 0.391 e. The van der Waals surface area contributed by atoms with Gasteiger partial charge in [0.05, 0.1) is 5.71 Å². The van der Waals surface area contributed by atoms with Crippen molar-refractivity contribution in [2.45, 2.75) is 32.0 Å². The van der Waals surface area contributed by atoms with E-state index in [-0.39, 0.29) is 18.0 Å². The van der Waals surface area contributed by atoms with Crippen LogP contribution >= 0.6 is 23.2 Å². The third-order valence-electron chi connectivity index (χ3n) is 6.22. The van der Waals surface area contributed by atoms with Gasteiger partial charge in [-0.3, -0.25) is 4.90 Å². The summed E-state index contributed by atoms with van der Waals surface area (Å²) in [7, 11) is 0. The Labute approximate surface area is 206 Å². The minimum Gasteiger partial charge on any atom is -0.391 e. The van der Waals surface area contributed by atoms with Crippen LogP contribution in [0.5, 0.6) is 0 Å². The number of halogens is 2. The Bertz CT molecular complexity index is 1080. The fraction of sp³-hybridized carbons (Fsp3) is 0.250. The van der Waals surface area contributed by atoms with Gasteiger partial charge in [-0.05, 0) is 41.0 Å². The van der Waals surface area contributed by atoms with Crippen LogP contribution in [0.15, 0.2) is 96.7 Å². The van der Waals surface area contributed by atoms with E-state index in [9.17, 15) is 0 Å². The van der Waals surface area contributed by atoms with Gasteiger partial charge in [0.1, 0.15) is 6.61 Å². The molecule has 3 aromatic carbocycles. The van der Waals surface area contributed by atoms with Gasteiger partial charge in [-0.1, -0.05) is 96.0 Å². The Hall–Kier alpha value is -2.59. The second-order valence-electron chi connectivity index (χ2n) is 8.38. The predicted octanol–water partition coefficient (Wildman–Crippen LogP) is 7.88. The monoisotopic (exact) mass is 478 g/mol. The summed E-state index contributed by atoms with van der Waals surface area (Å²) in [6, 6.07) is 26.5. The van der Waals surface area contributed by atoms with E-state index in [1.807, 2.05) is 60.7 Å². The van der Waals surface area contributed by atoms with Gasteiger partial charge >= 0.3 is 0 Å². The maximum atomic E-state index is 6.19. The maximum absolute atomic E-state index is 6.19. The second-order valence-corrected chi connectivity index (χ2v) is 9.26. The summed E-state index contributed by atoms with van der Waals surface area (Å²) >= 11 is 12.4. The minimum absolute atomic E-state index is 0.105. The third-order valence-corrected chi connectivity index (χ3v) is 6.73. The van der Waals surface area contributed by atoms with Gasteiger partial charge in [0, 0.05) is 41.0 Å². The molecule has 1 heterocycles. The maximum Gasteiger partial charge on any atom is 0.142 e. The molecule has 0 saturated carbocycles. The van der Waals surface area contributed by atoms with Crippen LogP contribution in [-0.2, 0) is 11.4 Å². The van der Waals surface area contributed by atoms with Crippen molar-refractivity contribution in [3.05, 3.63) is 118 Å². The summed E-state index contributed by atoms with van der Waals surface area (Å²) in [6.07, 6.45) is 2.74. The van der Waals surface area contributed by atoms with Crippen LogP contribution in [0.25, 0.3) is 0 Å². The van der Waals surface area contributed by atoms with E-state index in [4.69, 9.17) is 28.0 Å². The molecule has 3 atom stereocenters. The Kier molecular flexibility index (Phi) is 7.87. The SMILES string of the molecule is C=CCN1[C@H](c2ccc(Cl)cc2)C/C(=N\OCc2ccccc2)[C@@H](C)[C@@H]1c1ccc(Cl)cc1. The number of hydrogen-bond donors (Lipinski definition) is 0. The lowest BCUT2D eigenvalue weighted by Gasteiger charge is -2.46. The first kappa shape index (κ1) is 23.6. The molecule has 0 N–H and O–H groups in total. The Morgan fingerprint density at radius 2 is 1.55 bits per heavy atom. The van der Waals surface area contributed by atoms with Gasteiger partial charge in [0.15, 0.2) is 0 Å². The fourth-order valence-corrected chi connectivity index (χ4v) is 4.83. The summed E-state index contributed by atoms with van der Waals surface area (Å²) in [5, 5.41) is 6.11. The van der Waals surface area contributed by atoms with Crippen molar-refractivity contribution in [2.75, 3.05) is 6.54 Å². The number of benzene rings is 3. The first-order valence-corrected chi connectivity index (χ1v) is 11.9. The van der Waals surface area contributed by atoms with Crippen LogP contribution in [0.1, 0.15) is 42.1 Å². The lowest BCUT2D eigenvalue weighted by Crippen LogP contribution is -2.44. The van der Waals surface area contributed by atoms with Gasteiger partial charge in [-0.25, -0.2) is 0 Å². The van der Waals surface area contributed by atoms with Crippen LogP contribution in [-0.4, -0.2) is 17.2 Å². The van der Waals surface area contributed by atoms with Gasteiger partial charge in [0.25, 0.3) is 0 Å². The van der Waals surface area contributed by atoms with Crippen molar-refractivity contribution in [3.8, 4) is 0 Å². The molecule has 0 spiro atoms. The Balaban J connectivity index is 1.69. The number of oxime groups is 1. The highest BCUT2D eigenvalue weighted by molar-refractivity contribution is 6.30. The molecule has 1 fully saturated rings. The molecule has 33 heavy (non-hydrogen) atoms. The molecule has 5 heteroatoms. The van der Waals surface area contributed by atoms with E-state index in [0.29, 0.717) is 6.61 Å². The molecule has 0 amide bonds. The molecule has 0 unspecified atom stereocenters. The van der Waals surface area contributed by atoms with Crippen LogP contribution in [0.4, 0.5) is 0 Å². The highest BCUT2D eigenvalue weighted by Crippen LogP contribution is 2.44. The van der Waals surface area contributed by atoms with Crippen molar-refractivity contribution in [2.24, 2.45) is 11.1 Å². The minimum atomic E-state index is 0.105. The smallest absolute Gasteiger partial charge is 0.142 e. The van der Waals surface area contributed by atoms with Crippen LogP contribution in [0.2, 0.25) is 10.0 Å². The first-order chi connectivity index (χ1) is 16.1. The third kappa shape index (κ3) is 5.67. The van der Waals surface area contributed by atoms with E-state index >= 15 is 0 Å². The molecule has 1 aliphatic rings. The lowest BCUT2D eigenvalue weighted by atomic mass is 9.79. The molecule has 170 valence electrons. The molecule has 1 aliphatic heterocycles. The predicted molar refractivity (Wildman–Crippen MR) is 138 cm³/mol. The molecule has 1 saturated heterocycles. The number of likely N-dealkylation sites (tertiary alicyclic amines) is 1. The van der Waals surface area contributed by atoms with Gasteiger partial charge in [-0.2, -0.15) is 0 Å². The van der Waals surface area contributed by atoms with E-state index in [1.54, 1.807) is 0 Å². The zero-order chi connectivity index (χ0) is 23.2. The molecule has 3 aromatic rings. The molecular formula is C28H28Cl2N2O. The zero-order valence-electron chi connectivity index (χ0n) is 18.7. The van der Waals surface area contributed by atoms with Crippen molar-refractivity contribution in [1.29, 1.82) is 0 Å². The van der Waals surface area contributed by atoms with Crippen LogP contribution in [0.3, 0.4) is 0 Å². The number of hydrogen-bond acceptors (Lipinski definition) is 3. The average Bonchev–Trinajstić information content (AvgIpc) is 2.83.